The Bertz CT molecular complexity index is 768. The second-order valence-electron chi connectivity index (χ2n) is 5.87. The Morgan fingerprint density at radius 1 is 0.818 bits per heavy atom. The van der Waals surface area contributed by atoms with E-state index in [0.717, 1.165) is 0 Å². The van der Waals surface area contributed by atoms with E-state index in [9.17, 15) is 0 Å². The third kappa shape index (κ3) is 2.52. The smallest absolute Gasteiger partial charge is 0.201 e. The fraction of sp³-hybridized carbons (Fsp3) is 0.200. The van der Waals surface area contributed by atoms with Crippen LogP contribution in [0.15, 0.2) is 60.9 Å². The first-order valence-electron chi connectivity index (χ1n) is 7.62. The molecule has 110 valence electrons. The van der Waals surface area contributed by atoms with Gasteiger partial charge in [0.1, 0.15) is 7.05 Å². The molecule has 22 heavy (non-hydrogen) atoms. The van der Waals surface area contributed by atoms with Crippen LogP contribution in [0.5, 0.6) is 0 Å². The van der Waals surface area contributed by atoms with Crippen molar-refractivity contribution in [3.05, 3.63) is 77.7 Å². The number of rotatable bonds is 2. The Balaban J connectivity index is 2.28. The zero-order chi connectivity index (χ0) is 15.7. The third-order valence-corrected chi connectivity index (χ3v) is 4.18. The van der Waals surface area contributed by atoms with Gasteiger partial charge < -0.3 is 0 Å². The van der Waals surface area contributed by atoms with Crippen molar-refractivity contribution in [1.29, 1.82) is 0 Å². The molecule has 0 atom stereocenters. The summed E-state index contributed by atoms with van der Waals surface area (Å²) >= 11 is 0. The predicted molar refractivity (Wildman–Crippen MR) is 88.8 cm³/mol. The molecule has 2 aromatic heterocycles. The van der Waals surface area contributed by atoms with E-state index in [2.05, 4.69) is 97.9 Å². The van der Waals surface area contributed by atoms with Gasteiger partial charge in [0.25, 0.3) is 0 Å². The summed E-state index contributed by atoms with van der Waals surface area (Å²) in [5, 5.41) is 0. The molecule has 0 fully saturated rings. The molecule has 0 aliphatic rings. The number of nitrogens with zero attached hydrogens (tertiary/aromatic N) is 2. The quantitative estimate of drug-likeness (QED) is 0.639. The van der Waals surface area contributed by atoms with Crippen LogP contribution in [0.4, 0.5) is 0 Å². The van der Waals surface area contributed by atoms with Crippen LogP contribution in [0.25, 0.3) is 16.9 Å². The largest absolute Gasteiger partial charge is 0.214 e. The summed E-state index contributed by atoms with van der Waals surface area (Å²) in [5.74, 6) is 0. The molecule has 1 aromatic carbocycles. The topological polar surface area (TPSA) is 7.76 Å². The molecular weight excluding hydrogens is 268 g/mol. The summed E-state index contributed by atoms with van der Waals surface area (Å²) < 4.78 is 4.43. The maximum atomic E-state index is 2.27. The molecule has 0 radical (unpaired) electrons. The summed E-state index contributed by atoms with van der Waals surface area (Å²) in [4.78, 5) is 0. The highest BCUT2D eigenvalue weighted by Gasteiger charge is 2.20. The summed E-state index contributed by atoms with van der Waals surface area (Å²) in [7, 11) is 2.09. The molecule has 3 aromatic rings. The fourth-order valence-electron chi connectivity index (χ4n) is 2.96. The molecule has 0 amide bonds. The van der Waals surface area contributed by atoms with Crippen molar-refractivity contribution in [2.24, 2.45) is 7.05 Å². The number of hydrogen-bond donors (Lipinski definition) is 0. The van der Waals surface area contributed by atoms with Gasteiger partial charge in [-0.2, -0.15) is 4.57 Å². The van der Waals surface area contributed by atoms with Gasteiger partial charge in [0, 0.05) is 42.8 Å². The summed E-state index contributed by atoms with van der Waals surface area (Å²) in [6.07, 6.45) is 4.23. The lowest BCUT2D eigenvalue weighted by molar-refractivity contribution is -0.660. The van der Waals surface area contributed by atoms with Crippen molar-refractivity contribution < 1.29 is 9.13 Å². The summed E-state index contributed by atoms with van der Waals surface area (Å²) in [6.45, 7) is 6.51. The van der Waals surface area contributed by atoms with Crippen LogP contribution in [0.2, 0.25) is 0 Å². The average Bonchev–Trinajstić information content (AvgIpc) is 2.51. The van der Waals surface area contributed by atoms with Gasteiger partial charge in [-0.3, -0.25) is 0 Å². The first kappa shape index (κ1) is 14.5. The first-order valence-corrected chi connectivity index (χ1v) is 7.62. The number of benzene rings is 1. The highest BCUT2D eigenvalue weighted by atomic mass is 15.0. The molecule has 0 saturated carbocycles. The van der Waals surface area contributed by atoms with Crippen LogP contribution < -0.4 is 9.13 Å². The molecule has 2 heterocycles. The Morgan fingerprint density at radius 2 is 1.55 bits per heavy atom. The van der Waals surface area contributed by atoms with Crippen LogP contribution in [-0.2, 0) is 7.05 Å². The maximum Gasteiger partial charge on any atom is 0.214 e. The maximum absolute atomic E-state index is 2.27. The molecule has 0 unspecified atom stereocenters. The van der Waals surface area contributed by atoms with Crippen LogP contribution >= 0.6 is 0 Å². The first-order chi connectivity index (χ1) is 10.6. The van der Waals surface area contributed by atoms with Gasteiger partial charge >= 0.3 is 0 Å². The monoisotopic (exact) mass is 290 g/mol. The van der Waals surface area contributed by atoms with E-state index in [1.165, 1.54) is 33.8 Å². The lowest BCUT2D eigenvalue weighted by Crippen LogP contribution is -2.35. The second kappa shape index (κ2) is 5.72. The van der Waals surface area contributed by atoms with Gasteiger partial charge in [0.05, 0.1) is 5.56 Å². The van der Waals surface area contributed by atoms with E-state index < -0.39 is 0 Å². The third-order valence-electron chi connectivity index (χ3n) is 4.18. The fourth-order valence-corrected chi connectivity index (χ4v) is 2.96. The second-order valence-corrected chi connectivity index (χ2v) is 5.87. The van der Waals surface area contributed by atoms with Gasteiger partial charge in [-0.05, 0) is 31.5 Å². The normalized spacial score (nSPS) is 10.7. The van der Waals surface area contributed by atoms with E-state index >= 15 is 0 Å². The predicted octanol–water partition coefficient (Wildman–Crippen LogP) is 3.38. The van der Waals surface area contributed by atoms with E-state index in [-0.39, 0.29) is 0 Å². The molecule has 0 N–H and O–H groups in total. The van der Waals surface area contributed by atoms with Crippen LogP contribution in [-0.4, -0.2) is 0 Å². The minimum atomic E-state index is 1.24. The van der Waals surface area contributed by atoms with Crippen LogP contribution in [0.3, 0.4) is 0 Å². The van der Waals surface area contributed by atoms with Crippen molar-refractivity contribution in [3.63, 3.8) is 0 Å². The number of pyridine rings is 2. The summed E-state index contributed by atoms with van der Waals surface area (Å²) in [5.41, 5.74) is 7.58. The van der Waals surface area contributed by atoms with Gasteiger partial charge in [0.2, 0.25) is 11.4 Å². The number of aryl methyl sites for hydroxylation is 3. The SMILES string of the molecule is Cc1cc(-c2cccc[n+]2C)c(C)c(-[n+]2ccccc2C)c1. The number of hydrogen-bond acceptors (Lipinski definition) is 0. The standard InChI is InChI=1S/C20H22N2/c1-15-13-18(19-10-6-7-11-21(19)4)17(3)20(14-15)22-12-8-5-9-16(22)2/h5-14H,1-4H3/q+2. The lowest BCUT2D eigenvalue weighted by Gasteiger charge is -2.09. The molecule has 2 heteroatoms. The Morgan fingerprint density at radius 3 is 2.27 bits per heavy atom. The van der Waals surface area contributed by atoms with E-state index in [0.29, 0.717) is 0 Å². The molecule has 0 spiro atoms. The van der Waals surface area contributed by atoms with E-state index in [4.69, 9.17) is 0 Å². The highest BCUT2D eigenvalue weighted by Crippen LogP contribution is 2.25. The number of aromatic nitrogens is 2. The minimum Gasteiger partial charge on any atom is -0.201 e. The van der Waals surface area contributed by atoms with Gasteiger partial charge in [-0.15, -0.1) is 0 Å². The van der Waals surface area contributed by atoms with E-state index in [1.54, 1.807) is 0 Å². The van der Waals surface area contributed by atoms with Crippen LogP contribution in [0, 0.1) is 20.8 Å². The average molecular weight is 290 g/mol. The van der Waals surface area contributed by atoms with E-state index in [1.807, 2.05) is 0 Å². The molecule has 2 nitrogen and oxygen atoms in total. The zero-order valence-corrected chi connectivity index (χ0v) is 13.7. The van der Waals surface area contributed by atoms with Crippen molar-refractivity contribution in [2.45, 2.75) is 20.8 Å². The van der Waals surface area contributed by atoms with Crippen molar-refractivity contribution in [1.82, 2.24) is 0 Å². The molecule has 0 bridgehead atoms. The van der Waals surface area contributed by atoms with Crippen molar-refractivity contribution in [2.75, 3.05) is 0 Å². The molecular formula is C20H22N2+2. The zero-order valence-electron chi connectivity index (χ0n) is 13.7. The lowest BCUT2D eigenvalue weighted by atomic mass is 9.99. The highest BCUT2D eigenvalue weighted by molar-refractivity contribution is 5.66. The van der Waals surface area contributed by atoms with Crippen LogP contribution in [0.1, 0.15) is 16.8 Å². The Labute approximate surface area is 132 Å². The van der Waals surface area contributed by atoms with Crippen molar-refractivity contribution >= 4 is 0 Å². The Kier molecular flexibility index (Phi) is 3.76. The molecule has 0 aliphatic heterocycles. The minimum absolute atomic E-state index is 1.24. The molecule has 3 rings (SSSR count). The molecule has 0 aliphatic carbocycles. The van der Waals surface area contributed by atoms with Gasteiger partial charge in [-0.25, -0.2) is 4.57 Å². The molecule has 0 saturated heterocycles. The van der Waals surface area contributed by atoms with Gasteiger partial charge in [0.15, 0.2) is 18.1 Å². The Hall–Kier alpha value is -2.48. The van der Waals surface area contributed by atoms with Crippen molar-refractivity contribution in [3.8, 4) is 16.9 Å². The van der Waals surface area contributed by atoms with Gasteiger partial charge in [-0.1, -0.05) is 6.07 Å². The summed E-state index contributed by atoms with van der Waals surface area (Å²) in [6, 6.07) is 17.2.